The number of carbonyl (C=O) groups is 1. The van der Waals surface area contributed by atoms with Gasteiger partial charge in [-0.1, -0.05) is 48.5 Å². The van der Waals surface area contributed by atoms with Gasteiger partial charge in [-0.25, -0.2) is 4.98 Å². The Hall–Kier alpha value is -3.64. The molecule has 0 aliphatic heterocycles. The van der Waals surface area contributed by atoms with Crippen molar-refractivity contribution in [1.29, 1.82) is 0 Å². The van der Waals surface area contributed by atoms with Gasteiger partial charge in [-0.05, 0) is 24.3 Å². The van der Waals surface area contributed by atoms with Crippen molar-refractivity contribution in [2.75, 3.05) is 19.5 Å². The molecule has 1 heterocycles. The summed E-state index contributed by atoms with van der Waals surface area (Å²) in [6.45, 7) is 0. The molecule has 0 atom stereocenters. The van der Waals surface area contributed by atoms with Crippen LogP contribution < -0.4 is 14.8 Å². The predicted molar refractivity (Wildman–Crippen MR) is 120 cm³/mol. The van der Waals surface area contributed by atoms with Crippen molar-refractivity contribution in [3.63, 3.8) is 0 Å². The Balaban J connectivity index is 1.75. The summed E-state index contributed by atoms with van der Waals surface area (Å²) in [6.07, 6.45) is 0. The van der Waals surface area contributed by atoms with Gasteiger partial charge in [-0.2, -0.15) is 0 Å². The van der Waals surface area contributed by atoms with Gasteiger partial charge in [-0.15, -0.1) is 11.3 Å². The van der Waals surface area contributed by atoms with Crippen molar-refractivity contribution in [1.82, 2.24) is 4.98 Å². The van der Waals surface area contributed by atoms with Gasteiger partial charge in [0, 0.05) is 22.9 Å². The summed E-state index contributed by atoms with van der Waals surface area (Å²) in [5, 5.41) is 3.71. The average Bonchev–Trinajstić information content (AvgIpc) is 3.26. The molecule has 0 bridgehead atoms. The third kappa shape index (κ3) is 4.18. The molecule has 1 N–H and O–H groups in total. The van der Waals surface area contributed by atoms with E-state index < -0.39 is 0 Å². The molecule has 0 unspecified atom stereocenters. The minimum absolute atomic E-state index is 0.214. The largest absolute Gasteiger partial charge is 0.497 e. The molecule has 150 valence electrons. The SMILES string of the molecule is COc1cccc(NC(=O)c2sc(-c3cccc(OC)c3)nc2-c2ccccc2)c1. The fourth-order valence-electron chi connectivity index (χ4n) is 3.03. The van der Waals surface area contributed by atoms with Gasteiger partial charge in [0.25, 0.3) is 5.91 Å². The summed E-state index contributed by atoms with van der Waals surface area (Å²) >= 11 is 1.35. The molecule has 1 amide bonds. The second kappa shape index (κ2) is 8.80. The number of thiazole rings is 1. The lowest BCUT2D eigenvalue weighted by atomic mass is 10.1. The van der Waals surface area contributed by atoms with Gasteiger partial charge in [0.05, 0.1) is 19.9 Å². The second-order valence-corrected chi connectivity index (χ2v) is 7.48. The Morgan fingerprint density at radius 1 is 0.833 bits per heavy atom. The maximum absolute atomic E-state index is 13.2. The molecule has 0 spiro atoms. The summed E-state index contributed by atoms with van der Waals surface area (Å²) in [5.74, 6) is 1.21. The highest BCUT2D eigenvalue weighted by Crippen LogP contribution is 2.35. The Morgan fingerprint density at radius 3 is 2.23 bits per heavy atom. The van der Waals surface area contributed by atoms with Crippen LogP contribution in [0.3, 0.4) is 0 Å². The predicted octanol–water partition coefficient (Wildman–Crippen LogP) is 5.75. The first-order valence-electron chi connectivity index (χ1n) is 9.34. The summed E-state index contributed by atoms with van der Waals surface area (Å²) in [4.78, 5) is 18.5. The Labute approximate surface area is 178 Å². The molecule has 0 aliphatic carbocycles. The van der Waals surface area contributed by atoms with Crippen LogP contribution in [0.5, 0.6) is 11.5 Å². The van der Waals surface area contributed by atoms with Crippen LogP contribution in [0.25, 0.3) is 21.8 Å². The minimum atomic E-state index is -0.214. The van der Waals surface area contributed by atoms with Crippen LogP contribution in [0.4, 0.5) is 5.69 Å². The summed E-state index contributed by atoms with van der Waals surface area (Å²) in [7, 11) is 3.22. The molecule has 30 heavy (non-hydrogen) atoms. The first kappa shape index (κ1) is 19.7. The molecule has 0 saturated heterocycles. The number of benzene rings is 3. The molecule has 3 aromatic carbocycles. The lowest BCUT2D eigenvalue weighted by Gasteiger charge is -2.07. The second-order valence-electron chi connectivity index (χ2n) is 6.48. The number of hydrogen-bond donors (Lipinski definition) is 1. The standard InChI is InChI=1S/C24H20N2O3S/c1-28-19-12-6-10-17(14-19)24-26-21(16-8-4-3-5-9-16)22(30-24)23(27)25-18-11-7-13-20(15-18)29-2/h3-15H,1-2H3,(H,25,27). The van der Waals surface area contributed by atoms with E-state index in [4.69, 9.17) is 14.5 Å². The third-order valence-electron chi connectivity index (χ3n) is 4.52. The van der Waals surface area contributed by atoms with Crippen LogP contribution in [0.15, 0.2) is 78.9 Å². The van der Waals surface area contributed by atoms with Gasteiger partial charge < -0.3 is 14.8 Å². The Kier molecular flexibility index (Phi) is 5.77. The van der Waals surface area contributed by atoms with Crippen molar-refractivity contribution in [2.45, 2.75) is 0 Å². The normalized spacial score (nSPS) is 10.5. The number of nitrogens with one attached hydrogen (secondary N) is 1. The van der Waals surface area contributed by atoms with E-state index in [0.717, 1.165) is 21.9 Å². The molecule has 0 fully saturated rings. The van der Waals surface area contributed by atoms with Gasteiger partial charge in [0.1, 0.15) is 21.4 Å². The van der Waals surface area contributed by atoms with Gasteiger partial charge in [0.15, 0.2) is 0 Å². The van der Waals surface area contributed by atoms with E-state index in [9.17, 15) is 4.79 Å². The van der Waals surface area contributed by atoms with Crippen molar-refractivity contribution in [3.05, 3.63) is 83.7 Å². The van der Waals surface area contributed by atoms with Crippen molar-refractivity contribution >= 4 is 22.9 Å². The number of ether oxygens (including phenoxy) is 2. The highest BCUT2D eigenvalue weighted by Gasteiger charge is 2.21. The number of aromatic nitrogens is 1. The zero-order valence-electron chi connectivity index (χ0n) is 16.6. The summed E-state index contributed by atoms with van der Waals surface area (Å²) < 4.78 is 10.6. The zero-order valence-corrected chi connectivity index (χ0v) is 17.4. The fourth-order valence-corrected chi connectivity index (χ4v) is 4.01. The Bertz CT molecular complexity index is 1170. The number of methoxy groups -OCH3 is 2. The van der Waals surface area contributed by atoms with Crippen LogP contribution in [0.2, 0.25) is 0 Å². The highest BCUT2D eigenvalue weighted by atomic mass is 32.1. The van der Waals surface area contributed by atoms with E-state index in [1.54, 1.807) is 20.3 Å². The van der Waals surface area contributed by atoms with E-state index in [2.05, 4.69) is 5.32 Å². The van der Waals surface area contributed by atoms with E-state index >= 15 is 0 Å². The summed E-state index contributed by atoms with van der Waals surface area (Å²) in [6, 6.07) is 24.6. The van der Waals surface area contributed by atoms with Crippen LogP contribution >= 0.6 is 11.3 Å². The molecule has 0 aliphatic rings. The van der Waals surface area contributed by atoms with Crippen molar-refractivity contribution < 1.29 is 14.3 Å². The van der Waals surface area contributed by atoms with Crippen LogP contribution in [-0.2, 0) is 0 Å². The number of nitrogens with zero attached hydrogens (tertiary/aromatic N) is 1. The topological polar surface area (TPSA) is 60.5 Å². The maximum atomic E-state index is 13.2. The monoisotopic (exact) mass is 416 g/mol. The molecule has 4 aromatic rings. The number of hydrogen-bond acceptors (Lipinski definition) is 5. The highest BCUT2D eigenvalue weighted by molar-refractivity contribution is 7.17. The lowest BCUT2D eigenvalue weighted by Crippen LogP contribution is -2.11. The molecule has 5 nitrogen and oxygen atoms in total. The van der Waals surface area contributed by atoms with Crippen LogP contribution in [0.1, 0.15) is 9.67 Å². The number of carbonyl (C=O) groups excluding carboxylic acids is 1. The first-order chi connectivity index (χ1) is 14.7. The van der Waals surface area contributed by atoms with Crippen molar-refractivity contribution in [3.8, 4) is 33.3 Å². The van der Waals surface area contributed by atoms with Gasteiger partial charge in [-0.3, -0.25) is 4.79 Å². The maximum Gasteiger partial charge on any atom is 0.268 e. The third-order valence-corrected chi connectivity index (χ3v) is 5.63. The fraction of sp³-hybridized carbons (Fsp3) is 0.0833. The van der Waals surface area contributed by atoms with Crippen LogP contribution in [0, 0.1) is 0 Å². The number of rotatable bonds is 6. The molecule has 1 aromatic heterocycles. The average molecular weight is 417 g/mol. The van der Waals surface area contributed by atoms with Crippen molar-refractivity contribution in [2.24, 2.45) is 0 Å². The number of amides is 1. The Morgan fingerprint density at radius 2 is 1.50 bits per heavy atom. The molecular formula is C24H20N2O3S. The lowest BCUT2D eigenvalue weighted by molar-refractivity contribution is 0.103. The van der Waals surface area contributed by atoms with E-state index in [1.165, 1.54) is 11.3 Å². The van der Waals surface area contributed by atoms with Gasteiger partial charge >= 0.3 is 0 Å². The molecule has 6 heteroatoms. The smallest absolute Gasteiger partial charge is 0.268 e. The van der Waals surface area contributed by atoms with E-state index in [-0.39, 0.29) is 5.91 Å². The first-order valence-corrected chi connectivity index (χ1v) is 10.2. The zero-order chi connectivity index (χ0) is 20.9. The molecule has 4 rings (SSSR count). The minimum Gasteiger partial charge on any atom is -0.497 e. The number of anilines is 1. The van der Waals surface area contributed by atoms with E-state index in [0.29, 0.717) is 22.0 Å². The molecular weight excluding hydrogens is 396 g/mol. The molecule has 0 radical (unpaired) electrons. The van der Waals surface area contributed by atoms with E-state index in [1.807, 2.05) is 72.8 Å². The van der Waals surface area contributed by atoms with Crippen LogP contribution in [-0.4, -0.2) is 25.1 Å². The quantitative estimate of drug-likeness (QED) is 0.435. The summed E-state index contributed by atoms with van der Waals surface area (Å²) in [5.41, 5.74) is 3.10. The molecule has 0 saturated carbocycles. The van der Waals surface area contributed by atoms with Gasteiger partial charge in [0.2, 0.25) is 0 Å².